The maximum atomic E-state index is 12.0. The molecule has 0 bridgehead atoms. The Balaban J connectivity index is 1.74. The molecule has 0 heterocycles. The van der Waals surface area contributed by atoms with E-state index in [-0.39, 0.29) is 5.91 Å². The Morgan fingerprint density at radius 1 is 0.963 bits per heavy atom. The van der Waals surface area contributed by atoms with E-state index in [4.69, 9.17) is 4.74 Å². The Labute approximate surface area is 160 Å². The van der Waals surface area contributed by atoms with Crippen LogP contribution in [0.4, 0.5) is 0 Å². The third-order valence-electron chi connectivity index (χ3n) is 4.01. The topological polar surface area (TPSA) is 67.8 Å². The average molecular weight is 366 g/mol. The first-order chi connectivity index (χ1) is 13.2. The maximum absolute atomic E-state index is 12.0. The number of amides is 1. The number of carbonyl (C=O) groups excluding carboxylic acids is 2. The number of esters is 1. The molecule has 0 spiro atoms. The number of nitrogens with one attached hydrogen (secondary N) is 1. The molecule has 2 aromatic carbocycles. The van der Waals surface area contributed by atoms with Crippen LogP contribution in [0.1, 0.15) is 61.4 Å². The fourth-order valence-corrected chi connectivity index (χ4v) is 2.49. The molecule has 0 fully saturated rings. The molecule has 27 heavy (non-hydrogen) atoms. The fraction of sp³-hybridized carbons (Fsp3) is 0.318. The van der Waals surface area contributed by atoms with Gasteiger partial charge >= 0.3 is 5.97 Å². The molecular weight excluding hydrogens is 340 g/mol. The van der Waals surface area contributed by atoms with Crippen LogP contribution in [-0.2, 0) is 4.79 Å². The molecule has 1 N–H and O–H groups in total. The van der Waals surface area contributed by atoms with E-state index in [0.717, 1.165) is 18.4 Å². The summed E-state index contributed by atoms with van der Waals surface area (Å²) in [5, 5.41) is 3.96. The van der Waals surface area contributed by atoms with E-state index in [0.29, 0.717) is 17.7 Å². The predicted molar refractivity (Wildman–Crippen MR) is 107 cm³/mol. The molecule has 0 aliphatic carbocycles. The lowest BCUT2D eigenvalue weighted by Crippen LogP contribution is -2.16. The molecule has 0 radical (unpaired) electrons. The second-order valence-corrected chi connectivity index (χ2v) is 6.28. The Kier molecular flexibility index (Phi) is 8.77. The van der Waals surface area contributed by atoms with Gasteiger partial charge in [-0.1, -0.05) is 50.8 Å². The Morgan fingerprint density at radius 3 is 2.37 bits per heavy atom. The van der Waals surface area contributed by atoms with Crippen molar-refractivity contribution >= 4 is 18.1 Å². The highest BCUT2D eigenvalue weighted by atomic mass is 16.5. The van der Waals surface area contributed by atoms with Crippen LogP contribution in [0.15, 0.2) is 59.7 Å². The minimum atomic E-state index is -0.400. The van der Waals surface area contributed by atoms with Crippen molar-refractivity contribution in [1.82, 2.24) is 5.43 Å². The SMILES string of the molecule is CCCCCCCC(=O)N/N=C\c1ccc(OC(=O)c2ccccc2)cc1. The summed E-state index contributed by atoms with van der Waals surface area (Å²) in [4.78, 5) is 23.7. The number of unbranched alkanes of at least 4 members (excludes halogenated alkanes) is 4. The zero-order valence-corrected chi connectivity index (χ0v) is 15.7. The van der Waals surface area contributed by atoms with Gasteiger partial charge in [0.15, 0.2) is 0 Å². The van der Waals surface area contributed by atoms with Gasteiger partial charge in [-0.15, -0.1) is 0 Å². The minimum absolute atomic E-state index is 0.0730. The lowest BCUT2D eigenvalue weighted by atomic mass is 10.1. The largest absolute Gasteiger partial charge is 0.423 e. The smallest absolute Gasteiger partial charge is 0.343 e. The van der Waals surface area contributed by atoms with E-state index in [1.54, 1.807) is 54.7 Å². The highest BCUT2D eigenvalue weighted by Gasteiger charge is 2.07. The number of hydrogen-bond acceptors (Lipinski definition) is 4. The van der Waals surface area contributed by atoms with Gasteiger partial charge in [-0.05, 0) is 48.4 Å². The summed E-state index contributed by atoms with van der Waals surface area (Å²) in [7, 11) is 0. The summed E-state index contributed by atoms with van der Waals surface area (Å²) < 4.78 is 5.32. The number of benzene rings is 2. The molecule has 0 saturated heterocycles. The zero-order valence-electron chi connectivity index (χ0n) is 15.7. The van der Waals surface area contributed by atoms with Gasteiger partial charge in [0.25, 0.3) is 0 Å². The van der Waals surface area contributed by atoms with E-state index in [1.807, 2.05) is 6.07 Å². The summed E-state index contributed by atoms with van der Waals surface area (Å²) in [6.07, 6.45) is 7.62. The maximum Gasteiger partial charge on any atom is 0.343 e. The Hall–Kier alpha value is -2.95. The summed E-state index contributed by atoms with van der Waals surface area (Å²) >= 11 is 0. The van der Waals surface area contributed by atoms with E-state index < -0.39 is 5.97 Å². The van der Waals surface area contributed by atoms with Gasteiger partial charge in [0.1, 0.15) is 5.75 Å². The number of hydrazone groups is 1. The quantitative estimate of drug-likeness (QED) is 0.218. The lowest BCUT2D eigenvalue weighted by Gasteiger charge is -2.04. The predicted octanol–water partition coefficient (Wildman–Crippen LogP) is 4.72. The van der Waals surface area contributed by atoms with Crippen LogP contribution in [0.25, 0.3) is 0 Å². The molecule has 0 unspecified atom stereocenters. The van der Waals surface area contributed by atoms with E-state index in [9.17, 15) is 9.59 Å². The van der Waals surface area contributed by atoms with Gasteiger partial charge in [-0.25, -0.2) is 10.2 Å². The molecule has 2 rings (SSSR count). The van der Waals surface area contributed by atoms with Crippen molar-refractivity contribution in [1.29, 1.82) is 0 Å². The first-order valence-corrected chi connectivity index (χ1v) is 9.38. The summed E-state index contributed by atoms with van der Waals surface area (Å²) in [6, 6.07) is 15.8. The third-order valence-corrected chi connectivity index (χ3v) is 4.01. The number of rotatable bonds is 10. The number of carbonyl (C=O) groups is 2. The molecule has 5 heteroatoms. The van der Waals surface area contributed by atoms with Gasteiger partial charge in [0, 0.05) is 6.42 Å². The van der Waals surface area contributed by atoms with Gasteiger partial charge in [-0.2, -0.15) is 5.10 Å². The molecule has 2 aromatic rings. The van der Waals surface area contributed by atoms with Crippen LogP contribution in [0.5, 0.6) is 5.75 Å². The fourth-order valence-electron chi connectivity index (χ4n) is 2.49. The molecule has 0 saturated carbocycles. The molecule has 1 amide bonds. The first-order valence-electron chi connectivity index (χ1n) is 9.38. The Bertz CT molecular complexity index is 740. The molecule has 5 nitrogen and oxygen atoms in total. The highest BCUT2D eigenvalue weighted by molar-refractivity contribution is 5.91. The van der Waals surface area contributed by atoms with Gasteiger partial charge in [0.05, 0.1) is 11.8 Å². The van der Waals surface area contributed by atoms with E-state index >= 15 is 0 Å². The summed E-state index contributed by atoms with van der Waals surface area (Å²) in [5.41, 5.74) is 3.84. The summed E-state index contributed by atoms with van der Waals surface area (Å²) in [5.74, 6) is -0.0171. The van der Waals surface area contributed by atoms with Crippen molar-refractivity contribution in [3.8, 4) is 5.75 Å². The van der Waals surface area contributed by atoms with E-state index in [1.165, 1.54) is 19.3 Å². The number of ether oxygens (including phenoxy) is 1. The van der Waals surface area contributed by atoms with Crippen molar-refractivity contribution in [3.63, 3.8) is 0 Å². The lowest BCUT2D eigenvalue weighted by molar-refractivity contribution is -0.121. The average Bonchev–Trinajstić information content (AvgIpc) is 2.70. The van der Waals surface area contributed by atoms with Crippen molar-refractivity contribution in [2.24, 2.45) is 5.10 Å². The molecule has 0 aliphatic rings. The number of nitrogens with zero attached hydrogens (tertiary/aromatic N) is 1. The second-order valence-electron chi connectivity index (χ2n) is 6.28. The van der Waals surface area contributed by atoms with Crippen LogP contribution in [-0.4, -0.2) is 18.1 Å². The van der Waals surface area contributed by atoms with Crippen LogP contribution in [0.2, 0.25) is 0 Å². The molecule has 142 valence electrons. The molecular formula is C22H26N2O3. The van der Waals surface area contributed by atoms with Crippen LogP contribution < -0.4 is 10.2 Å². The monoisotopic (exact) mass is 366 g/mol. The van der Waals surface area contributed by atoms with Crippen molar-refractivity contribution in [3.05, 3.63) is 65.7 Å². The minimum Gasteiger partial charge on any atom is -0.423 e. The van der Waals surface area contributed by atoms with Crippen molar-refractivity contribution < 1.29 is 14.3 Å². The van der Waals surface area contributed by atoms with Gasteiger partial charge in [-0.3, -0.25) is 4.79 Å². The van der Waals surface area contributed by atoms with E-state index in [2.05, 4.69) is 17.5 Å². The first kappa shape index (κ1) is 20.4. The van der Waals surface area contributed by atoms with Gasteiger partial charge in [0.2, 0.25) is 5.91 Å². The summed E-state index contributed by atoms with van der Waals surface area (Å²) in [6.45, 7) is 2.17. The highest BCUT2D eigenvalue weighted by Crippen LogP contribution is 2.13. The second kappa shape index (κ2) is 11.6. The van der Waals surface area contributed by atoms with Crippen molar-refractivity contribution in [2.75, 3.05) is 0 Å². The zero-order chi connectivity index (χ0) is 19.3. The molecule has 0 aliphatic heterocycles. The van der Waals surface area contributed by atoms with Crippen molar-refractivity contribution in [2.45, 2.75) is 45.4 Å². The standard InChI is InChI=1S/C22H26N2O3/c1-2-3-4-5-9-12-21(25)24-23-17-18-13-15-20(16-14-18)27-22(26)19-10-7-6-8-11-19/h6-8,10-11,13-17H,2-5,9,12H2,1H3,(H,24,25)/b23-17-. The number of hydrogen-bond donors (Lipinski definition) is 1. The van der Waals surface area contributed by atoms with Gasteiger partial charge < -0.3 is 4.74 Å². The third kappa shape index (κ3) is 7.86. The van der Waals surface area contributed by atoms with Crippen LogP contribution >= 0.6 is 0 Å². The van der Waals surface area contributed by atoms with Crippen LogP contribution in [0.3, 0.4) is 0 Å². The Morgan fingerprint density at radius 2 is 1.67 bits per heavy atom. The molecule has 0 atom stereocenters. The normalized spacial score (nSPS) is 10.7. The van der Waals surface area contributed by atoms with Crippen LogP contribution in [0, 0.1) is 0 Å². The molecule has 0 aromatic heterocycles.